The van der Waals surface area contributed by atoms with E-state index in [9.17, 15) is 14.4 Å². The Bertz CT molecular complexity index is 397. The summed E-state index contributed by atoms with van der Waals surface area (Å²) in [5, 5.41) is 2.56. The van der Waals surface area contributed by atoms with Crippen LogP contribution < -0.4 is 5.32 Å². The number of alkyl carbamates (subject to hydrolysis) is 1. The molecule has 4 atom stereocenters. The van der Waals surface area contributed by atoms with Gasteiger partial charge in [0.15, 0.2) is 0 Å². The SMILES string of the molecule is CC(=O)OC[C@H]1O[C@H]2OC(=O)N[C@H]2C[C@@H]1OC(C)=O. The van der Waals surface area contributed by atoms with Gasteiger partial charge in [-0.15, -0.1) is 0 Å². The molecule has 2 rings (SSSR count). The lowest BCUT2D eigenvalue weighted by molar-refractivity contribution is -0.216. The molecule has 2 saturated heterocycles. The third-order valence-electron chi connectivity index (χ3n) is 2.83. The summed E-state index contributed by atoms with van der Waals surface area (Å²) >= 11 is 0. The van der Waals surface area contributed by atoms with Gasteiger partial charge in [0, 0.05) is 20.3 Å². The van der Waals surface area contributed by atoms with Gasteiger partial charge in [-0.25, -0.2) is 4.79 Å². The van der Waals surface area contributed by atoms with Crippen molar-refractivity contribution in [2.75, 3.05) is 6.61 Å². The molecular weight excluding hydrogens is 258 g/mol. The van der Waals surface area contributed by atoms with Gasteiger partial charge in [0.25, 0.3) is 0 Å². The van der Waals surface area contributed by atoms with Crippen molar-refractivity contribution < 1.29 is 33.3 Å². The fourth-order valence-corrected chi connectivity index (χ4v) is 2.08. The van der Waals surface area contributed by atoms with E-state index < -0.39 is 36.5 Å². The lowest BCUT2D eigenvalue weighted by atomic mass is 10.0. The van der Waals surface area contributed by atoms with Crippen molar-refractivity contribution in [2.24, 2.45) is 0 Å². The molecule has 0 aromatic rings. The third kappa shape index (κ3) is 3.34. The molecule has 8 heteroatoms. The number of fused-ring (bicyclic) bond motifs is 1. The molecule has 0 bridgehead atoms. The molecule has 0 aromatic heterocycles. The van der Waals surface area contributed by atoms with Gasteiger partial charge < -0.3 is 24.3 Å². The molecule has 8 nitrogen and oxygen atoms in total. The topological polar surface area (TPSA) is 100 Å². The largest absolute Gasteiger partial charge is 0.463 e. The normalized spacial score (nSPS) is 32.8. The van der Waals surface area contributed by atoms with Crippen LogP contribution in [0.5, 0.6) is 0 Å². The van der Waals surface area contributed by atoms with E-state index in [1.165, 1.54) is 13.8 Å². The van der Waals surface area contributed by atoms with E-state index in [4.69, 9.17) is 18.9 Å². The second-order valence-corrected chi connectivity index (χ2v) is 4.39. The van der Waals surface area contributed by atoms with Crippen LogP contribution in [0.3, 0.4) is 0 Å². The van der Waals surface area contributed by atoms with Gasteiger partial charge in [-0.05, 0) is 0 Å². The van der Waals surface area contributed by atoms with Gasteiger partial charge in [0.2, 0.25) is 6.29 Å². The summed E-state index contributed by atoms with van der Waals surface area (Å²) in [5.41, 5.74) is 0. The number of hydrogen-bond donors (Lipinski definition) is 1. The molecule has 2 aliphatic heterocycles. The molecule has 2 heterocycles. The number of amides is 1. The Kier molecular flexibility index (Phi) is 3.89. The van der Waals surface area contributed by atoms with Crippen LogP contribution in [0, 0.1) is 0 Å². The number of carbonyl (C=O) groups is 3. The summed E-state index contributed by atoms with van der Waals surface area (Å²) in [6.45, 7) is 2.48. The average molecular weight is 273 g/mol. The molecule has 19 heavy (non-hydrogen) atoms. The van der Waals surface area contributed by atoms with Crippen molar-refractivity contribution in [1.29, 1.82) is 0 Å². The molecular formula is C11H15NO7. The maximum atomic E-state index is 11.1. The van der Waals surface area contributed by atoms with Crippen molar-refractivity contribution >= 4 is 18.0 Å². The number of hydrogen-bond acceptors (Lipinski definition) is 7. The maximum Gasteiger partial charge on any atom is 0.409 e. The smallest absolute Gasteiger partial charge is 0.409 e. The van der Waals surface area contributed by atoms with Crippen LogP contribution >= 0.6 is 0 Å². The second-order valence-electron chi connectivity index (χ2n) is 4.39. The molecule has 2 aliphatic rings. The van der Waals surface area contributed by atoms with Gasteiger partial charge >= 0.3 is 18.0 Å². The first kappa shape index (κ1) is 13.6. The highest BCUT2D eigenvalue weighted by Crippen LogP contribution is 2.27. The Morgan fingerprint density at radius 3 is 2.74 bits per heavy atom. The fourth-order valence-electron chi connectivity index (χ4n) is 2.08. The van der Waals surface area contributed by atoms with Gasteiger partial charge in [0.1, 0.15) is 18.8 Å². The molecule has 0 aromatic carbocycles. The minimum Gasteiger partial charge on any atom is -0.463 e. The van der Waals surface area contributed by atoms with Crippen LogP contribution in [0.2, 0.25) is 0 Å². The predicted octanol–water partition coefficient (Wildman–Crippen LogP) is -0.295. The zero-order chi connectivity index (χ0) is 14.0. The zero-order valence-electron chi connectivity index (χ0n) is 10.6. The molecule has 106 valence electrons. The molecule has 2 fully saturated rings. The molecule has 1 amide bonds. The number of ether oxygens (including phenoxy) is 4. The van der Waals surface area contributed by atoms with E-state index in [1.807, 2.05) is 0 Å². The summed E-state index contributed by atoms with van der Waals surface area (Å²) in [6, 6.07) is -0.370. The minimum absolute atomic E-state index is 0.0615. The fraction of sp³-hybridized carbons (Fsp3) is 0.727. The monoisotopic (exact) mass is 273 g/mol. The maximum absolute atomic E-state index is 11.1. The first-order valence-corrected chi connectivity index (χ1v) is 5.89. The summed E-state index contributed by atoms with van der Waals surface area (Å²) in [4.78, 5) is 33.0. The van der Waals surface area contributed by atoms with Crippen LogP contribution in [0.1, 0.15) is 20.3 Å². The second kappa shape index (κ2) is 5.43. The van der Waals surface area contributed by atoms with Crippen molar-refractivity contribution in [3.8, 4) is 0 Å². The highest BCUT2D eigenvalue weighted by atomic mass is 16.7. The average Bonchev–Trinajstić information content (AvgIpc) is 2.64. The van der Waals surface area contributed by atoms with Crippen LogP contribution in [-0.4, -0.2) is 49.2 Å². The zero-order valence-corrected chi connectivity index (χ0v) is 10.6. The lowest BCUT2D eigenvalue weighted by Crippen LogP contribution is -2.51. The van der Waals surface area contributed by atoms with E-state index in [0.717, 1.165) is 0 Å². The van der Waals surface area contributed by atoms with Gasteiger partial charge in [-0.1, -0.05) is 0 Å². The van der Waals surface area contributed by atoms with Gasteiger partial charge in [-0.2, -0.15) is 0 Å². The third-order valence-corrected chi connectivity index (χ3v) is 2.83. The van der Waals surface area contributed by atoms with Gasteiger partial charge in [0.05, 0.1) is 6.04 Å². The van der Waals surface area contributed by atoms with Crippen LogP contribution in [-0.2, 0) is 28.5 Å². The Labute approximate surface area is 109 Å². The van der Waals surface area contributed by atoms with E-state index in [0.29, 0.717) is 6.42 Å². The molecule has 0 aliphatic carbocycles. The first-order valence-electron chi connectivity index (χ1n) is 5.89. The summed E-state index contributed by atoms with van der Waals surface area (Å²) < 4.78 is 20.4. The van der Waals surface area contributed by atoms with Crippen molar-refractivity contribution in [1.82, 2.24) is 5.32 Å². The summed E-state index contributed by atoms with van der Waals surface area (Å²) in [7, 11) is 0. The molecule has 1 N–H and O–H groups in total. The number of esters is 2. The Balaban J connectivity index is 2.01. The van der Waals surface area contributed by atoms with Crippen LogP contribution in [0.25, 0.3) is 0 Å². The van der Waals surface area contributed by atoms with E-state index in [1.54, 1.807) is 0 Å². The standard InChI is InChI=1S/C11H15NO7/c1-5(13)16-4-9-8(17-6(2)14)3-7-10(18-9)19-11(15)12-7/h7-10H,3-4H2,1-2H3,(H,12,15)/t7-,8-,9+,10-/m0/s1. The van der Waals surface area contributed by atoms with Crippen molar-refractivity contribution in [3.05, 3.63) is 0 Å². The van der Waals surface area contributed by atoms with Crippen molar-refractivity contribution in [2.45, 2.75) is 44.8 Å². The number of rotatable bonds is 3. The molecule has 0 radical (unpaired) electrons. The van der Waals surface area contributed by atoms with Crippen LogP contribution in [0.15, 0.2) is 0 Å². The molecule has 0 saturated carbocycles. The van der Waals surface area contributed by atoms with E-state index in [-0.39, 0.29) is 12.6 Å². The van der Waals surface area contributed by atoms with E-state index >= 15 is 0 Å². The Morgan fingerprint density at radius 2 is 2.11 bits per heavy atom. The number of nitrogens with one attached hydrogen (secondary N) is 1. The Morgan fingerprint density at radius 1 is 1.37 bits per heavy atom. The highest BCUT2D eigenvalue weighted by Gasteiger charge is 2.46. The van der Waals surface area contributed by atoms with Crippen molar-refractivity contribution in [3.63, 3.8) is 0 Å². The highest BCUT2D eigenvalue weighted by molar-refractivity contribution is 5.70. The lowest BCUT2D eigenvalue weighted by Gasteiger charge is -2.35. The van der Waals surface area contributed by atoms with Crippen LogP contribution in [0.4, 0.5) is 4.79 Å². The summed E-state index contributed by atoms with van der Waals surface area (Å²) in [5.74, 6) is -0.932. The number of carbonyl (C=O) groups excluding carboxylic acids is 3. The quantitative estimate of drug-likeness (QED) is 0.556. The molecule has 0 unspecified atom stereocenters. The van der Waals surface area contributed by atoms with Gasteiger partial charge in [-0.3, -0.25) is 9.59 Å². The first-order chi connectivity index (χ1) is 8.95. The van der Waals surface area contributed by atoms with E-state index in [2.05, 4.69) is 5.32 Å². The minimum atomic E-state index is -0.750. The molecule has 0 spiro atoms. The Hall–Kier alpha value is -1.83. The predicted molar refractivity (Wildman–Crippen MR) is 58.9 cm³/mol. The summed E-state index contributed by atoms with van der Waals surface area (Å²) in [6.07, 6.45) is -2.23.